The number of nitrogens with zero attached hydrogens (tertiary/aromatic N) is 1. The zero-order valence-electron chi connectivity index (χ0n) is 14.0. The number of aliphatic hydroxyl groups is 1. The molecule has 130 valence electrons. The second-order valence-electron chi connectivity index (χ2n) is 6.88. The van der Waals surface area contributed by atoms with E-state index in [9.17, 15) is 14.7 Å². The minimum Gasteiger partial charge on any atom is -0.374 e. The highest BCUT2D eigenvalue weighted by molar-refractivity contribution is 5.78. The molecule has 2 fully saturated rings. The molecule has 3 rings (SSSR count). The summed E-state index contributed by atoms with van der Waals surface area (Å²) in [5.41, 5.74) is 2.83. The van der Waals surface area contributed by atoms with Gasteiger partial charge in [0.15, 0.2) is 0 Å². The standard InChI is InChI=1S/C18H25N3O3/c1-11-3-5-15(8-17(23)20-11)21-10-14-7-13(9-19-12(2)22)4-6-16(14)18(21)24/h6-7,13,15,18,24H,1,3-5,8-10H2,2H3,(H,19,22)(H,20,23). The highest BCUT2D eigenvalue weighted by Gasteiger charge is 2.38. The summed E-state index contributed by atoms with van der Waals surface area (Å²) in [6.07, 6.45) is 6.32. The van der Waals surface area contributed by atoms with Gasteiger partial charge in [-0.1, -0.05) is 18.7 Å². The lowest BCUT2D eigenvalue weighted by Crippen LogP contribution is -2.40. The lowest BCUT2D eigenvalue weighted by atomic mass is 9.91. The monoisotopic (exact) mass is 331 g/mol. The first-order chi connectivity index (χ1) is 11.4. The van der Waals surface area contributed by atoms with Crippen LogP contribution in [0.15, 0.2) is 35.6 Å². The zero-order chi connectivity index (χ0) is 17.3. The van der Waals surface area contributed by atoms with Gasteiger partial charge in [-0.25, -0.2) is 0 Å². The van der Waals surface area contributed by atoms with Crippen molar-refractivity contribution < 1.29 is 14.7 Å². The van der Waals surface area contributed by atoms with Crippen LogP contribution in [-0.4, -0.2) is 47.2 Å². The summed E-state index contributed by atoms with van der Waals surface area (Å²) in [4.78, 5) is 25.0. The van der Waals surface area contributed by atoms with Gasteiger partial charge in [-0.05, 0) is 36.3 Å². The molecule has 3 N–H and O–H groups in total. The lowest BCUT2D eigenvalue weighted by Gasteiger charge is -2.28. The summed E-state index contributed by atoms with van der Waals surface area (Å²) in [5, 5.41) is 16.3. The molecule has 3 atom stereocenters. The van der Waals surface area contributed by atoms with Crippen molar-refractivity contribution in [3.05, 3.63) is 35.6 Å². The van der Waals surface area contributed by atoms with Crippen LogP contribution in [0, 0.1) is 5.92 Å². The Morgan fingerprint density at radius 1 is 1.54 bits per heavy atom. The fourth-order valence-electron chi connectivity index (χ4n) is 3.73. The average Bonchev–Trinajstić information content (AvgIpc) is 2.75. The Morgan fingerprint density at radius 3 is 3.08 bits per heavy atom. The number of aliphatic hydroxyl groups excluding tert-OH is 1. The van der Waals surface area contributed by atoms with E-state index in [4.69, 9.17) is 0 Å². The van der Waals surface area contributed by atoms with E-state index in [1.165, 1.54) is 6.92 Å². The fraction of sp³-hybridized carbons (Fsp3) is 0.556. The number of carbonyl (C=O) groups excluding carboxylic acids is 2. The van der Waals surface area contributed by atoms with Gasteiger partial charge in [0, 0.05) is 38.2 Å². The molecule has 2 saturated heterocycles. The van der Waals surface area contributed by atoms with Crippen LogP contribution < -0.4 is 10.6 Å². The molecule has 1 aliphatic carbocycles. The van der Waals surface area contributed by atoms with Crippen LogP contribution in [0.2, 0.25) is 0 Å². The molecule has 2 heterocycles. The van der Waals surface area contributed by atoms with Crippen molar-refractivity contribution in [1.29, 1.82) is 0 Å². The molecular weight excluding hydrogens is 306 g/mol. The predicted octanol–water partition coefficient (Wildman–Crippen LogP) is 0.812. The SMILES string of the molecule is C=C1CCC(N2CC3=CC(CNC(C)=O)CC=C3C2O)CC(=O)N1. The Hall–Kier alpha value is -1.92. The van der Waals surface area contributed by atoms with Crippen LogP contribution in [0.4, 0.5) is 0 Å². The summed E-state index contributed by atoms with van der Waals surface area (Å²) in [7, 11) is 0. The average molecular weight is 331 g/mol. The van der Waals surface area contributed by atoms with Crippen molar-refractivity contribution >= 4 is 11.8 Å². The minimum atomic E-state index is -0.651. The molecule has 0 aromatic heterocycles. The molecule has 3 aliphatic rings. The molecular formula is C18H25N3O3. The number of rotatable bonds is 3. The van der Waals surface area contributed by atoms with Crippen LogP contribution in [0.25, 0.3) is 0 Å². The molecule has 0 saturated carbocycles. The van der Waals surface area contributed by atoms with Crippen molar-refractivity contribution in [3.63, 3.8) is 0 Å². The van der Waals surface area contributed by atoms with Crippen molar-refractivity contribution in [3.8, 4) is 0 Å². The van der Waals surface area contributed by atoms with Gasteiger partial charge in [-0.2, -0.15) is 0 Å². The first-order valence-electron chi connectivity index (χ1n) is 8.51. The molecule has 2 amide bonds. The lowest BCUT2D eigenvalue weighted by molar-refractivity contribution is -0.122. The predicted molar refractivity (Wildman–Crippen MR) is 90.6 cm³/mol. The van der Waals surface area contributed by atoms with E-state index in [1.54, 1.807) is 0 Å². The van der Waals surface area contributed by atoms with Gasteiger partial charge in [0.05, 0.1) is 0 Å². The Morgan fingerprint density at radius 2 is 2.33 bits per heavy atom. The molecule has 2 aliphatic heterocycles. The maximum Gasteiger partial charge on any atom is 0.225 e. The van der Waals surface area contributed by atoms with Crippen LogP contribution in [0.3, 0.4) is 0 Å². The van der Waals surface area contributed by atoms with Crippen molar-refractivity contribution in [1.82, 2.24) is 15.5 Å². The summed E-state index contributed by atoms with van der Waals surface area (Å²) in [6, 6.07) is 0.0143. The van der Waals surface area contributed by atoms with E-state index in [2.05, 4.69) is 29.4 Å². The number of fused-ring (bicyclic) bond motifs is 1. The van der Waals surface area contributed by atoms with Crippen molar-refractivity contribution in [2.24, 2.45) is 5.92 Å². The van der Waals surface area contributed by atoms with E-state index in [0.29, 0.717) is 19.5 Å². The van der Waals surface area contributed by atoms with Gasteiger partial charge in [0.25, 0.3) is 0 Å². The fourth-order valence-corrected chi connectivity index (χ4v) is 3.73. The molecule has 0 radical (unpaired) electrons. The highest BCUT2D eigenvalue weighted by Crippen LogP contribution is 2.36. The van der Waals surface area contributed by atoms with Gasteiger partial charge in [0.1, 0.15) is 6.23 Å². The number of carbonyl (C=O) groups is 2. The van der Waals surface area contributed by atoms with E-state index in [0.717, 1.165) is 36.1 Å². The number of amides is 2. The first-order valence-corrected chi connectivity index (χ1v) is 8.51. The maximum absolute atomic E-state index is 11.9. The van der Waals surface area contributed by atoms with Crippen LogP contribution >= 0.6 is 0 Å². The summed E-state index contributed by atoms with van der Waals surface area (Å²) >= 11 is 0. The van der Waals surface area contributed by atoms with E-state index >= 15 is 0 Å². The van der Waals surface area contributed by atoms with Gasteiger partial charge >= 0.3 is 0 Å². The Kier molecular flexibility index (Phi) is 4.87. The third kappa shape index (κ3) is 3.60. The third-order valence-electron chi connectivity index (χ3n) is 4.99. The molecule has 6 nitrogen and oxygen atoms in total. The van der Waals surface area contributed by atoms with Crippen LogP contribution in [0.5, 0.6) is 0 Å². The molecule has 0 bridgehead atoms. The Balaban J connectivity index is 1.70. The topological polar surface area (TPSA) is 81.7 Å². The molecule has 0 spiro atoms. The molecule has 24 heavy (non-hydrogen) atoms. The summed E-state index contributed by atoms with van der Waals surface area (Å²) in [6.45, 7) is 6.63. The number of hydrogen-bond donors (Lipinski definition) is 3. The minimum absolute atomic E-state index is 0.0143. The van der Waals surface area contributed by atoms with Gasteiger partial charge < -0.3 is 15.7 Å². The van der Waals surface area contributed by atoms with E-state index in [-0.39, 0.29) is 23.8 Å². The summed E-state index contributed by atoms with van der Waals surface area (Å²) < 4.78 is 0. The van der Waals surface area contributed by atoms with Crippen molar-refractivity contribution in [2.45, 2.75) is 44.9 Å². The van der Waals surface area contributed by atoms with E-state index in [1.807, 2.05) is 4.90 Å². The Bertz CT molecular complexity index is 623. The van der Waals surface area contributed by atoms with Crippen molar-refractivity contribution in [2.75, 3.05) is 13.1 Å². The highest BCUT2D eigenvalue weighted by atomic mass is 16.3. The van der Waals surface area contributed by atoms with Gasteiger partial charge in [0.2, 0.25) is 11.8 Å². The molecule has 0 aromatic rings. The normalized spacial score (nSPS) is 30.8. The zero-order valence-corrected chi connectivity index (χ0v) is 14.0. The number of likely N-dealkylation sites (tertiary alicyclic amines) is 1. The number of allylic oxidation sites excluding steroid dienone is 2. The first kappa shape index (κ1) is 16.9. The molecule has 6 heteroatoms. The summed E-state index contributed by atoms with van der Waals surface area (Å²) in [5.74, 6) is 0.203. The van der Waals surface area contributed by atoms with Gasteiger partial charge in [-0.15, -0.1) is 0 Å². The quantitative estimate of drug-likeness (QED) is 0.715. The van der Waals surface area contributed by atoms with Gasteiger partial charge in [-0.3, -0.25) is 14.5 Å². The largest absolute Gasteiger partial charge is 0.374 e. The maximum atomic E-state index is 11.9. The van der Waals surface area contributed by atoms with Crippen LogP contribution in [0.1, 0.15) is 32.6 Å². The second kappa shape index (κ2) is 6.91. The Labute approximate surface area is 142 Å². The number of nitrogens with one attached hydrogen (secondary N) is 2. The number of hydrogen-bond acceptors (Lipinski definition) is 4. The smallest absolute Gasteiger partial charge is 0.225 e. The van der Waals surface area contributed by atoms with Crippen LogP contribution in [-0.2, 0) is 9.59 Å². The third-order valence-corrected chi connectivity index (χ3v) is 4.99. The van der Waals surface area contributed by atoms with E-state index < -0.39 is 6.23 Å². The molecule has 0 aromatic carbocycles. The molecule has 3 unspecified atom stereocenters. The second-order valence-corrected chi connectivity index (χ2v) is 6.88.